The van der Waals surface area contributed by atoms with Crippen LogP contribution >= 0.6 is 0 Å². The van der Waals surface area contributed by atoms with E-state index >= 15 is 0 Å². The van der Waals surface area contributed by atoms with Crippen molar-refractivity contribution in [1.29, 1.82) is 0 Å². The average Bonchev–Trinajstić information content (AvgIpc) is 2.76. The van der Waals surface area contributed by atoms with Crippen molar-refractivity contribution in [2.45, 2.75) is 67.9 Å². The van der Waals surface area contributed by atoms with Gasteiger partial charge in [-0.25, -0.2) is 9.59 Å². The summed E-state index contributed by atoms with van der Waals surface area (Å²) in [6.07, 6.45) is -10.8. The highest BCUT2D eigenvalue weighted by molar-refractivity contribution is 5.88. The maximum absolute atomic E-state index is 13.6. The van der Waals surface area contributed by atoms with E-state index in [0.717, 1.165) is 6.92 Å². The second kappa shape index (κ2) is 12.0. The molecule has 40 heavy (non-hydrogen) atoms. The summed E-state index contributed by atoms with van der Waals surface area (Å²) in [4.78, 5) is 21.2. The first kappa shape index (κ1) is 39.4. The maximum Gasteiger partial charge on any atom is 0.460 e. The molecule has 0 bridgehead atoms. The molecule has 0 spiro atoms. The van der Waals surface area contributed by atoms with Crippen LogP contribution in [0.4, 0.5) is 74.6 Å². The van der Waals surface area contributed by atoms with E-state index in [1.54, 1.807) is 6.92 Å². The Labute approximate surface area is 212 Å². The minimum atomic E-state index is -8.69. The van der Waals surface area contributed by atoms with Crippen LogP contribution in [0.25, 0.3) is 0 Å². The lowest BCUT2D eigenvalue weighted by Gasteiger charge is -2.42. The Morgan fingerprint density at radius 1 is 0.600 bits per heavy atom. The lowest BCUT2D eigenvalue weighted by Crippen LogP contribution is -2.74. The minimum Gasteiger partial charge on any atom is -0.466 e. The van der Waals surface area contributed by atoms with E-state index in [4.69, 9.17) is 0 Å². The normalized spacial score (nSPS) is 14.1. The third-order valence-electron chi connectivity index (χ3n) is 4.32. The van der Waals surface area contributed by atoms with Crippen LogP contribution in [0.3, 0.4) is 0 Å². The molecule has 0 saturated carbocycles. The SMILES string of the molecule is C=C(C)C(=O)OC.C=C(CC(F)(F)C(F)(F)C(F)(F)C(F)(F)C(F)(F)C(F)(F)C(F)(F)C(F)(F)F)C(=O)OCC. The molecular formula is C19H17F17O4. The van der Waals surface area contributed by atoms with Crippen molar-refractivity contribution in [3.05, 3.63) is 24.3 Å². The number of carbonyl (C=O) groups excluding carboxylic acids is 2. The van der Waals surface area contributed by atoms with E-state index in [2.05, 4.69) is 22.6 Å². The zero-order chi connectivity index (χ0) is 33.1. The Morgan fingerprint density at radius 3 is 1.18 bits per heavy atom. The average molecular weight is 632 g/mol. The quantitative estimate of drug-likeness (QED) is 0.137. The molecule has 0 heterocycles. The summed E-state index contributed by atoms with van der Waals surface area (Å²) >= 11 is 0. The van der Waals surface area contributed by atoms with Crippen LogP contribution in [0.5, 0.6) is 0 Å². The molecule has 0 N–H and O–H groups in total. The van der Waals surface area contributed by atoms with Gasteiger partial charge in [-0.2, -0.15) is 74.6 Å². The van der Waals surface area contributed by atoms with E-state index in [1.165, 1.54) is 7.11 Å². The number of hydrogen-bond donors (Lipinski definition) is 0. The van der Waals surface area contributed by atoms with Crippen LogP contribution in [0, 0.1) is 0 Å². The fourth-order valence-corrected chi connectivity index (χ4v) is 2.05. The molecule has 21 heteroatoms. The molecule has 0 rings (SSSR count). The van der Waals surface area contributed by atoms with Crippen LogP contribution in [-0.4, -0.2) is 73.3 Å². The summed E-state index contributed by atoms with van der Waals surface area (Å²) in [5, 5.41) is 0. The van der Waals surface area contributed by atoms with Gasteiger partial charge in [0.1, 0.15) is 0 Å². The van der Waals surface area contributed by atoms with E-state index in [1.807, 2.05) is 0 Å². The van der Waals surface area contributed by atoms with Crippen molar-refractivity contribution < 1.29 is 93.7 Å². The Balaban J connectivity index is 0. The minimum absolute atomic E-state index is 0.347. The Bertz CT molecular complexity index is 951. The predicted molar refractivity (Wildman–Crippen MR) is 97.9 cm³/mol. The van der Waals surface area contributed by atoms with Crippen LogP contribution < -0.4 is 0 Å². The summed E-state index contributed by atoms with van der Waals surface area (Å²) in [6, 6.07) is 0. The predicted octanol–water partition coefficient (Wildman–Crippen LogP) is 7.24. The molecule has 0 amide bonds. The Morgan fingerprint density at radius 2 is 0.925 bits per heavy atom. The molecule has 0 aromatic rings. The lowest BCUT2D eigenvalue weighted by molar-refractivity contribution is -0.461. The second-order valence-electron chi connectivity index (χ2n) is 7.42. The smallest absolute Gasteiger partial charge is 0.460 e. The first-order chi connectivity index (χ1) is 17.3. The molecule has 0 unspecified atom stereocenters. The Kier molecular flexibility index (Phi) is 11.8. The van der Waals surface area contributed by atoms with Gasteiger partial charge in [-0.3, -0.25) is 0 Å². The Hall–Kier alpha value is -2.77. The number of halogens is 17. The number of esters is 2. The van der Waals surface area contributed by atoms with Gasteiger partial charge in [-0.15, -0.1) is 0 Å². The highest BCUT2D eigenvalue weighted by Gasteiger charge is 2.95. The van der Waals surface area contributed by atoms with Gasteiger partial charge in [-0.05, 0) is 13.8 Å². The molecule has 0 atom stereocenters. The standard InChI is InChI=1S/C14H9F17O2.C5H8O2/c1-3-33-6(32)5(2)4-7(15,16)8(17,18)9(19,20)10(21,22)11(23,24)12(25,26)13(27,28)14(29,30)31;1-4(2)5(6)7-3/h2-4H2,1H3;1H2,2-3H3. The van der Waals surface area contributed by atoms with Crippen molar-refractivity contribution >= 4 is 11.9 Å². The van der Waals surface area contributed by atoms with Gasteiger partial charge < -0.3 is 9.47 Å². The fraction of sp³-hybridized carbons (Fsp3) is 0.684. The molecule has 0 aliphatic rings. The largest absolute Gasteiger partial charge is 0.466 e. The third kappa shape index (κ3) is 6.74. The van der Waals surface area contributed by atoms with Gasteiger partial charge in [0.05, 0.1) is 13.7 Å². The molecule has 0 aliphatic heterocycles. The summed E-state index contributed by atoms with van der Waals surface area (Å²) in [5.74, 6) is -59.5. The van der Waals surface area contributed by atoms with Crippen molar-refractivity contribution in [2.75, 3.05) is 13.7 Å². The number of carbonyl (C=O) groups is 2. The number of alkyl halides is 17. The molecule has 0 radical (unpaired) electrons. The zero-order valence-corrected chi connectivity index (χ0v) is 19.9. The summed E-state index contributed by atoms with van der Waals surface area (Å²) < 4.78 is 230. The first-order valence-electron chi connectivity index (χ1n) is 9.60. The van der Waals surface area contributed by atoms with E-state index in [9.17, 15) is 84.2 Å². The van der Waals surface area contributed by atoms with Crippen molar-refractivity contribution in [3.63, 3.8) is 0 Å². The first-order valence-corrected chi connectivity index (χ1v) is 9.60. The van der Waals surface area contributed by atoms with Gasteiger partial charge >= 0.3 is 59.6 Å². The van der Waals surface area contributed by atoms with Crippen molar-refractivity contribution in [2.24, 2.45) is 0 Å². The second-order valence-corrected chi connectivity index (χ2v) is 7.42. The van der Waals surface area contributed by atoms with E-state index in [-0.39, 0.29) is 5.97 Å². The molecule has 236 valence electrons. The van der Waals surface area contributed by atoms with Crippen LogP contribution in [0.1, 0.15) is 20.3 Å². The van der Waals surface area contributed by atoms with Gasteiger partial charge in [0, 0.05) is 17.6 Å². The maximum atomic E-state index is 13.6. The number of rotatable bonds is 11. The molecular weight excluding hydrogens is 615 g/mol. The van der Waals surface area contributed by atoms with Crippen LogP contribution in [0.15, 0.2) is 24.3 Å². The molecule has 0 aromatic heterocycles. The number of hydrogen-bond acceptors (Lipinski definition) is 4. The van der Waals surface area contributed by atoms with Gasteiger partial charge in [0.25, 0.3) is 0 Å². The summed E-state index contributed by atoms with van der Waals surface area (Å²) in [6.45, 7) is 7.63. The highest BCUT2D eigenvalue weighted by Crippen LogP contribution is 2.64. The molecule has 0 fully saturated rings. The highest BCUT2D eigenvalue weighted by atomic mass is 19.4. The monoisotopic (exact) mass is 632 g/mol. The summed E-state index contributed by atoms with van der Waals surface area (Å²) in [7, 11) is 1.33. The number of ether oxygens (including phenoxy) is 2. The molecule has 4 nitrogen and oxygen atoms in total. The zero-order valence-electron chi connectivity index (χ0n) is 19.9. The molecule has 0 aliphatic carbocycles. The molecule has 0 aromatic carbocycles. The van der Waals surface area contributed by atoms with Crippen LogP contribution in [0.2, 0.25) is 0 Å². The van der Waals surface area contributed by atoms with Gasteiger partial charge in [0.15, 0.2) is 0 Å². The van der Waals surface area contributed by atoms with Crippen molar-refractivity contribution in [3.8, 4) is 0 Å². The van der Waals surface area contributed by atoms with Crippen LogP contribution in [-0.2, 0) is 19.1 Å². The fourth-order valence-electron chi connectivity index (χ4n) is 2.05. The lowest BCUT2D eigenvalue weighted by atomic mass is 9.87. The van der Waals surface area contributed by atoms with Crippen molar-refractivity contribution in [1.82, 2.24) is 0 Å². The van der Waals surface area contributed by atoms with Gasteiger partial charge in [0.2, 0.25) is 0 Å². The number of methoxy groups -OCH3 is 1. The molecule has 0 saturated heterocycles. The summed E-state index contributed by atoms with van der Waals surface area (Å²) in [5.41, 5.74) is -1.41. The van der Waals surface area contributed by atoms with Gasteiger partial charge in [-0.1, -0.05) is 13.2 Å². The third-order valence-corrected chi connectivity index (χ3v) is 4.32. The van der Waals surface area contributed by atoms with E-state index in [0.29, 0.717) is 5.57 Å². The topological polar surface area (TPSA) is 52.6 Å². The van der Waals surface area contributed by atoms with E-state index < -0.39 is 72.2 Å².